The third kappa shape index (κ3) is 5.50. The molecule has 3 N–H and O–H groups in total. The van der Waals surface area contributed by atoms with Crippen molar-refractivity contribution in [2.24, 2.45) is 5.73 Å². The average Bonchev–Trinajstić information content (AvgIpc) is 2.29. The van der Waals surface area contributed by atoms with Gasteiger partial charge in [0.25, 0.3) is 0 Å². The molecule has 0 spiro atoms. The number of amides is 1. The topological polar surface area (TPSA) is 58.4 Å². The van der Waals surface area contributed by atoms with Gasteiger partial charge in [-0.1, -0.05) is 26.2 Å². The lowest BCUT2D eigenvalue weighted by Crippen LogP contribution is -2.46. The number of hydrogen-bond acceptors (Lipinski definition) is 3. The van der Waals surface area contributed by atoms with Crippen LogP contribution >= 0.6 is 0 Å². The molecule has 0 heterocycles. The van der Waals surface area contributed by atoms with Crippen molar-refractivity contribution in [1.29, 1.82) is 0 Å². The number of rotatable bonds is 6. The molecule has 100 valence electrons. The molecule has 0 aliphatic heterocycles. The quantitative estimate of drug-likeness (QED) is 0.732. The second-order valence-electron chi connectivity index (χ2n) is 5.35. The molecule has 0 aromatic heterocycles. The van der Waals surface area contributed by atoms with Crippen LogP contribution in [-0.4, -0.2) is 43.0 Å². The van der Waals surface area contributed by atoms with Crippen LogP contribution in [0.1, 0.15) is 45.4 Å². The molecule has 0 aromatic rings. The van der Waals surface area contributed by atoms with Crippen molar-refractivity contribution < 1.29 is 4.79 Å². The summed E-state index contributed by atoms with van der Waals surface area (Å²) in [5.41, 5.74) is 6.01. The van der Waals surface area contributed by atoms with Crippen LogP contribution in [0.4, 0.5) is 0 Å². The maximum Gasteiger partial charge on any atom is 0.221 e. The Kier molecular flexibility index (Phi) is 5.92. The van der Waals surface area contributed by atoms with Crippen LogP contribution < -0.4 is 11.1 Å². The van der Waals surface area contributed by atoms with Gasteiger partial charge in [-0.05, 0) is 26.4 Å². The summed E-state index contributed by atoms with van der Waals surface area (Å²) in [6, 6.07) is 0. The Morgan fingerprint density at radius 3 is 2.59 bits per heavy atom. The first-order valence-electron chi connectivity index (χ1n) is 6.80. The van der Waals surface area contributed by atoms with E-state index in [1.807, 2.05) is 0 Å². The molecule has 0 aromatic carbocycles. The third-order valence-corrected chi connectivity index (χ3v) is 3.72. The lowest BCUT2D eigenvalue weighted by atomic mass is 9.80. The van der Waals surface area contributed by atoms with Gasteiger partial charge < -0.3 is 16.0 Å². The largest absolute Gasteiger partial charge is 0.355 e. The van der Waals surface area contributed by atoms with Gasteiger partial charge in [-0.25, -0.2) is 0 Å². The van der Waals surface area contributed by atoms with Crippen LogP contribution in [0.2, 0.25) is 0 Å². The highest BCUT2D eigenvalue weighted by Gasteiger charge is 2.29. The molecule has 0 radical (unpaired) electrons. The Morgan fingerprint density at radius 1 is 1.35 bits per heavy atom. The van der Waals surface area contributed by atoms with Gasteiger partial charge in [-0.3, -0.25) is 4.79 Å². The molecule has 4 nitrogen and oxygen atoms in total. The minimum absolute atomic E-state index is 0.110. The summed E-state index contributed by atoms with van der Waals surface area (Å²) < 4.78 is 0. The lowest BCUT2D eigenvalue weighted by Gasteiger charge is -2.32. The molecule has 1 aliphatic rings. The Hall–Kier alpha value is -0.610. The van der Waals surface area contributed by atoms with Gasteiger partial charge in [-0.2, -0.15) is 0 Å². The van der Waals surface area contributed by atoms with Gasteiger partial charge in [0.05, 0.1) is 0 Å². The van der Waals surface area contributed by atoms with Crippen LogP contribution in [0.15, 0.2) is 0 Å². The standard InChI is InChI=1S/C13H27N3O/c1-3-16(2)10-9-15-12(17)11-13(14)7-5-4-6-8-13/h3-11,14H2,1-2H3,(H,15,17). The minimum atomic E-state index is -0.237. The zero-order valence-electron chi connectivity index (χ0n) is 11.3. The zero-order chi connectivity index (χ0) is 12.7. The first-order chi connectivity index (χ1) is 8.06. The highest BCUT2D eigenvalue weighted by atomic mass is 16.1. The predicted molar refractivity (Wildman–Crippen MR) is 70.8 cm³/mol. The van der Waals surface area contributed by atoms with Crippen molar-refractivity contribution in [3.8, 4) is 0 Å². The van der Waals surface area contributed by atoms with Gasteiger partial charge in [-0.15, -0.1) is 0 Å². The van der Waals surface area contributed by atoms with Crippen LogP contribution in [0.25, 0.3) is 0 Å². The number of carbonyl (C=O) groups excluding carboxylic acids is 1. The number of nitrogens with one attached hydrogen (secondary N) is 1. The molecule has 0 saturated heterocycles. The van der Waals surface area contributed by atoms with E-state index in [1.54, 1.807) is 0 Å². The van der Waals surface area contributed by atoms with Crippen molar-refractivity contribution in [3.05, 3.63) is 0 Å². The van der Waals surface area contributed by atoms with Crippen molar-refractivity contribution in [2.45, 2.75) is 51.0 Å². The second kappa shape index (κ2) is 6.97. The molecule has 1 amide bonds. The van der Waals surface area contributed by atoms with E-state index in [0.29, 0.717) is 6.42 Å². The molecule has 1 saturated carbocycles. The molecule has 4 heteroatoms. The predicted octanol–water partition coefficient (Wildman–Crippen LogP) is 1.11. The van der Waals surface area contributed by atoms with E-state index >= 15 is 0 Å². The molecule has 17 heavy (non-hydrogen) atoms. The van der Waals surface area contributed by atoms with E-state index in [2.05, 4.69) is 24.2 Å². The maximum absolute atomic E-state index is 11.8. The molecule has 0 atom stereocenters. The first-order valence-corrected chi connectivity index (χ1v) is 6.80. The summed E-state index contributed by atoms with van der Waals surface area (Å²) in [5, 5.41) is 2.96. The van der Waals surface area contributed by atoms with Crippen molar-refractivity contribution in [1.82, 2.24) is 10.2 Å². The van der Waals surface area contributed by atoms with Gasteiger partial charge in [0, 0.05) is 25.0 Å². The molecule has 0 bridgehead atoms. The molecule has 1 fully saturated rings. The van der Waals surface area contributed by atoms with E-state index in [0.717, 1.165) is 32.5 Å². The SMILES string of the molecule is CCN(C)CCNC(=O)CC1(N)CCCCC1. The van der Waals surface area contributed by atoms with E-state index < -0.39 is 0 Å². The Morgan fingerprint density at radius 2 is 2.00 bits per heavy atom. The van der Waals surface area contributed by atoms with Crippen molar-refractivity contribution >= 4 is 5.91 Å². The number of nitrogens with zero attached hydrogens (tertiary/aromatic N) is 1. The Balaban J connectivity index is 2.19. The molecular formula is C13H27N3O. The highest BCUT2D eigenvalue weighted by Crippen LogP contribution is 2.28. The number of nitrogens with two attached hydrogens (primary N) is 1. The fourth-order valence-electron chi connectivity index (χ4n) is 2.36. The fourth-order valence-corrected chi connectivity index (χ4v) is 2.36. The molecular weight excluding hydrogens is 214 g/mol. The Labute approximate surface area is 105 Å². The van der Waals surface area contributed by atoms with Gasteiger partial charge >= 0.3 is 0 Å². The molecule has 0 unspecified atom stereocenters. The maximum atomic E-state index is 11.8. The summed E-state index contributed by atoms with van der Waals surface area (Å²) in [6.07, 6.45) is 6.08. The number of hydrogen-bond donors (Lipinski definition) is 2. The first kappa shape index (κ1) is 14.5. The van der Waals surface area contributed by atoms with Gasteiger partial charge in [0.2, 0.25) is 5.91 Å². The van der Waals surface area contributed by atoms with E-state index in [1.165, 1.54) is 19.3 Å². The number of likely N-dealkylation sites (N-methyl/N-ethyl adjacent to an activating group) is 1. The monoisotopic (exact) mass is 241 g/mol. The van der Waals surface area contributed by atoms with Crippen molar-refractivity contribution in [2.75, 3.05) is 26.7 Å². The van der Waals surface area contributed by atoms with Gasteiger partial charge in [0.1, 0.15) is 0 Å². The fraction of sp³-hybridized carbons (Fsp3) is 0.923. The smallest absolute Gasteiger partial charge is 0.221 e. The molecule has 1 rings (SSSR count). The lowest BCUT2D eigenvalue weighted by molar-refractivity contribution is -0.122. The van der Waals surface area contributed by atoms with Crippen LogP contribution in [0, 0.1) is 0 Å². The Bertz CT molecular complexity index is 237. The normalized spacial score (nSPS) is 19.3. The zero-order valence-corrected chi connectivity index (χ0v) is 11.3. The summed E-state index contributed by atoms with van der Waals surface area (Å²) in [4.78, 5) is 14.0. The molecule has 1 aliphatic carbocycles. The summed E-state index contributed by atoms with van der Waals surface area (Å²) in [6.45, 7) is 4.74. The van der Waals surface area contributed by atoms with Crippen LogP contribution in [0.5, 0.6) is 0 Å². The van der Waals surface area contributed by atoms with E-state index in [-0.39, 0.29) is 11.4 Å². The number of carbonyl (C=O) groups is 1. The van der Waals surface area contributed by atoms with Crippen LogP contribution in [-0.2, 0) is 4.79 Å². The van der Waals surface area contributed by atoms with Crippen LogP contribution in [0.3, 0.4) is 0 Å². The average molecular weight is 241 g/mol. The van der Waals surface area contributed by atoms with E-state index in [4.69, 9.17) is 5.73 Å². The highest BCUT2D eigenvalue weighted by molar-refractivity contribution is 5.77. The minimum Gasteiger partial charge on any atom is -0.355 e. The summed E-state index contributed by atoms with van der Waals surface area (Å²) >= 11 is 0. The van der Waals surface area contributed by atoms with E-state index in [9.17, 15) is 4.79 Å². The summed E-state index contributed by atoms with van der Waals surface area (Å²) in [5.74, 6) is 0.110. The van der Waals surface area contributed by atoms with Crippen molar-refractivity contribution in [3.63, 3.8) is 0 Å². The second-order valence-corrected chi connectivity index (χ2v) is 5.35. The summed E-state index contributed by atoms with van der Waals surface area (Å²) in [7, 11) is 2.05. The van der Waals surface area contributed by atoms with Gasteiger partial charge in [0.15, 0.2) is 0 Å². The third-order valence-electron chi connectivity index (χ3n) is 3.72.